The van der Waals surface area contributed by atoms with Gasteiger partial charge in [0.25, 0.3) is 0 Å². The quantitative estimate of drug-likeness (QED) is 0.828. The molecule has 3 nitrogen and oxygen atoms in total. The van der Waals surface area contributed by atoms with Gasteiger partial charge < -0.3 is 9.64 Å². The zero-order valence-corrected chi connectivity index (χ0v) is 13.4. The Balaban J connectivity index is 1.50. The third-order valence-corrected chi connectivity index (χ3v) is 5.11. The molecule has 0 aromatic heterocycles. The number of benzene rings is 1. The summed E-state index contributed by atoms with van der Waals surface area (Å²) in [6.45, 7) is 1.14. The average Bonchev–Trinajstić information content (AvgIpc) is 3.03. The van der Waals surface area contributed by atoms with E-state index in [0.717, 1.165) is 18.8 Å². The second-order valence-electron chi connectivity index (χ2n) is 6.75. The van der Waals surface area contributed by atoms with Crippen LogP contribution < -0.4 is 0 Å². The van der Waals surface area contributed by atoms with Crippen LogP contribution in [0.25, 0.3) is 0 Å². The fraction of sp³-hybridized carbons (Fsp3) is 0.632. The van der Waals surface area contributed by atoms with Crippen molar-refractivity contribution < 1.29 is 9.53 Å². The summed E-state index contributed by atoms with van der Waals surface area (Å²) in [6, 6.07) is 10.6. The van der Waals surface area contributed by atoms with Gasteiger partial charge in [-0.1, -0.05) is 62.4 Å². The SMILES string of the molecule is O=C(CCC1CCCCC1)N1COCC1Cc1ccccc1. The maximum Gasteiger partial charge on any atom is 0.224 e. The Morgan fingerprint density at radius 2 is 1.91 bits per heavy atom. The molecule has 1 heterocycles. The number of amides is 1. The smallest absolute Gasteiger partial charge is 0.224 e. The van der Waals surface area contributed by atoms with Crippen LogP contribution in [0.2, 0.25) is 0 Å². The lowest BCUT2D eigenvalue weighted by molar-refractivity contribution is -0.133. The highest BCUT2D eigenvalue weighted by molar-refractivity contribution is 5.76. The fourth-order valence-electron chi connectivity index (χ4n) is 3.76. The molecular formula is C19H27NO2. The van der Waals surface area contributed by atoms with Crippen molar-refractivity contribution in [3.05, 3.63) is 35.9 Å². The molecule has 0 spiro atoms. The van der Waals surface area contributed by atoms with Crippen LogP contribution in [0.3, 0.4) is 0 Å². The predicted octanol–water partition coefficient (Wildman–Crippen LogP) is 3.77. The molecule has 1 aromatic carbocycles. The molecule has 3 rings (SSSR count). The molecule has 1 amide bonds. The third kappa shape index (κ3) is 4.10. The molecular weight excluding hydrogens is 274 g/mol. The molecule has 1 atom stereocenters. The van der Waals surface area contributed by atoms with Crippen molar-refractivity contribution in [2.24, 2.45) is 5.92 Å². The van der Waals surface area contributed by atoms with Crippen LogP contribution >= 0.6 is 0 Å². The highest BCUT2D eigenvalue weighted by Gasteiger charge is 2.29. The van der Waals surface area contributed by atoms with E-state index >= 15 is 0 Å². The minimum absolute atomic E-state index is 0.209. The van der Waals surface area contributed by atoms with E-state index in [0.29, 0.717) is 19.8 Å². The van der Waals surface area contributed by atoms with Gasteiger partial charge in [-0.2, -0.15) is 0 Å². The molecule has 3 heteroatoms. The van der Waals surface area contributed by atoms with Gasteiger partial charge in [-0.05, 0) is 24.3 Å². The summed E-state index contributed by atoms with van der Waals surface area (Å²) in [6.07, 6.45) is 9.37. The topological polar surface area (TPSA) is 29.5 Å². The van der Waals surface area contributed by atoms with Crippen molar-refractivity contribution in [3.8, 4) is 0 Å². The van der Waals surface area contributed by atoms with Gasteiger partial charge in [-0.25, -0.2) is 0 Å². The van der Waals surface area contributed by atoms with E-state index < -0.39 is 0 Å². The molecule has 1 unspecified atom stereocenters. The number of rotatable bonds is 5. The molecule has 0 N–H and O–H groups in total. The summed E-state index contributed by atoms with van der Waals surface area (Å²) in [4.78, 5) is 14.5. The number of nitrogens with zero attached hydrogens (tertiary/aromatic N) is 1. The third-order valence-electron chi connectivity index (χ3n) is 5.11. The lowest BCUT2D eigenvalue weighted by atomic mass is 9.86. The van der Waals surface area contributed by atoms with Crippen LogP contribution in [-0.2, 0) is 16.0 Å². The number of carbonyl (C=O) groups is 1. The molecule has 2 fully saturated rings. The minimum atomic E-state index is 0.209. The van der Waals surface area contributed by atoms with Crippen LogP contribution in [0.5, 0.6) is 0 Å². The highest BCUT2D eigenvalue weighted by Crippen LogP contribution is 2.28. The van der Waals surface area contributed by atoms with Gasteiger partial charge in [0, 0.05) is 6.42 Å². The number of carbonyl (C=O) groups excluding carboxylic acids is 1. The van der Waals surface area contributed by atoms with E-state index in [2.05, 4.69) is 24.3 Å². The summed E-state index contributed by atoms with van der Waals surface area (Å²) in [5.74, 6) is 1.05. The van der Waals surface area contributed by atoms with Crippen molar-refractivity contribution in [3.63, 3.8) is 0 Å². The molecule has 2 aliphatic rings. The average molecular weight is 301 g/mol. The summed E-state index contributed by atoms with van der Waals surface area (Å²) in [5.41, 5.74) is 1.28. The van der Waals surface area contributed by atoms with Gasteiger partial charge in [0.05, 0.1) is 12.6 Å². The van der Waals surface area contributed by atoms with Crippen molar-refractivity contribution in [1.82, 2.24) is 4.90 Å². The van der Waals surface area contributed by atoms with Gasteiger partial charge in [0.2, 0.25) is 5.91 Å². The Morgan fingerprint density at radius 1 is 1.14 bits per heavy atom. The van der Waals surface area contributed by atoms with E-state index in [1.807, 2.05) is 11.0 Å². The van der Waals surface area contributed by atoms with Crippen molar-refractivity contribution in [1.29, 1.82) is 0 Å². The van der Waals surface area contributed by atoms with Gasteiger partial charge >= 0.3 is 0 Å². The summed E-state index contributed by atoms with van der Waals surface area (Å²) >= 11 is 0. The zero-order valence-electron chi connectivity index (χ0n) is 13.4. The first-order chi connectivity index (χ1) is 10.8. The molecule has 1 saturated carbocycles. The highest BCUT2D eigenvalue weighted by atomic mass is 16.5. The van der Waals surface area contributed by atoms with Crippen LogP contribution in [0.1, 0.15) is 50.5 Å². The summed E-state index contributed by atoms with van der Waals surface area (Å²) in [7, 11) is 0. The van der Waals surface area contributed by atoms with E-state index in [1.165, 1.54) is 37.7 Å². The Bertz CT molecular complexity index is 468. The van der Waals surface area contributed by atoms with E-state index in [9.17, 15) is 4.79 Å². The fourth-order valence-corrected chi connectivity index (χ4v) is 3.76. The minimum Gasteiger partial charge on any atom is -0.359 e. The van der Waals surface area contributed by atoms with E-state index in [4.69, 9.17) is 4.74 Å². The Hall–Kier alpha value is -1.35. The summed E-state index contributed by atoms with van der Waals surface area (Å²) < 4.78 is 5.56. The number of hydrogen-bond donors (Lipinski definition) is 0. The first-order valence-corrected chi connectivity index (χ1v) is 8.74. The first-order valence-electron chi connectivity index (χ1n) is 8.74. The molecule has 120 valence electrons. The normalized spacial score (nSPS) is 22.9. The monoisotopic (exact) mass is 301 g/mol. The Kier molecular flexibility index (Phi) is 5.49. The Morgan fingerprint density at radius 3 is 2.68 bits per heavy atom. The van der Waals surface area contributed by atoms with Crippen molar-refractivity contribution in [2.45, 2.75) is 57.4 Å². The predicted molar refractivity (Wildman–Crippen MR) is 87.4 cm³/mol. The van der Waals surface area contributed by atoms with Crippen LogP contribution in [0.4, 0.5) is 0 Å². The molecule has 22 heavy (non-hydrogen) atoms. The van der Waals surface area contributed by atoms with Gasteiger partial charge in [0.1, 0.15) is 6.73 Å². The zero-order chi connectivity index (χ0) is 15.2. The molecule has 1 saturated heterocycles. The molecule has 1 aliphatic carbocycles. The first kappa shape index (κ1) is 15.5. The molecule has 1 aliphatic heterocycles. The lowest BCUT2D eigenvalue weighted by Gasteiger charge is -2.25. The molecule has 1 aromatic rings. The second kappa shape index (κ2) is 7.77. The number of ether oxygens (including phenoxy) is 1. The van der Waals surface area contributed by atoms with Crippen LogP contribution in [0, 0.1) is 5.92 Å². The van der Waals surface area contributed by atoms with Crippen LogP contribution in [0.15, 0.2) is 30.3 Å². The van der Waals surface area contributed by atoms with Gasteiger partial charge in [-0.15, -0.1) is 0 Å². The Labute approximate surface area is 133 Å². The second-order valence-corrected chi connectivity index (χ2v) is 6.75. The maximum atomic E-state index is 12.5. The van der Waals surface area contributed by atoms with Crippen molar-refractivity contribution >= 4 is 5.91 Å². The van der Waals surface area contributed by atoms with E-state index in [-0.39, 0.29) is 11.9 Å². The lowest BCUT2D eigenvalue weighted by Crippen LogP contribution is -2.38. The molecule has 0 radical (unpaired) electrons. The van der Waals surface area contributed by atoms with Crippen molar-refractivity contribution in [2.75, 3.05) is 13.3 Å². The number of hydrogen-bond acceptors (Lipinski definition) is 2. The largest absolute Gasteiger partial charge is 0.359 e. The van der Waals surface area contributed by atoms with E-state index in [1.54, 1.807) is 0 Å². The summed E-state index contributed by atoms with van der Waals surface area (Å²) in [5, 5.41) is 0. The van der Waals surface area contributed by atoms with Crippen LogP contribution in [-0.4, -0.2) is 30.2 Å². The van der Waals surface area contributed by atoms with Gasteiger partial charge in [-0.3, -0.25) is 4.79 Å². The standard InChI is InChI=1S/C19H27NO2/c21-19(12-11-16-7-3-1-4-8-16)20-15-22-14-18(20)13-17-9-5-2-6-10-17/h2,5-6,9-10,16,18H,1,3-4,7-8,11-15H2. The molecule has 0 bridgehead atoms. The maximum absolute atomic E-state index is 12.5. The van der Waals surface area contributed by atoms with Gasteiger partial charge in [0.15, 0.2) is 0 Å².